The number of nitrogens with one attached hydrogen (secondary N) is 2. The largest absolute Gasteiger partial charge is 0.382 e. The second kappa shape index (κ2) is 8.84. The summed E-state index contributed by atoms with van der Waals surface area (Å²) in [5.41, 5.74) is 2.54. The number of hydrazine groups is 1. The molecule has 4 N–H and O–H groups in total. The van der Waals surface area contributed by atoms with Crippen molar-refractivity contribution < 1.29 is 4.74 Å². The van der Waals surface area contributed by atoms with E-state index in [9.17, 15) is 0 Å². The molecule has 1 aromatic rings. The van der Waals surface area contributed by atoms with Gasteiger partial charge in [0.2, 0.25) is 5.96 Å². The molecule has 0 atom stereocenters. The Labute approximate surface area is 112 Å². The summed E-state index contributed by atoms with van der Waals surface area (Å²) in [6.45, 7) is 6.82. The fourth-order valence-corrected chi connectivity index (χ4v) is 2.01. The van der Waals surface area contributed by atoms with Gasteiger partial charge in [-0.05, 0) is 20.3 Å². The highest BCUT2D eigenvalue weighted by Gasteiger charge is 1.99. The summed E-state index contributed by atoms with van der Waals surface area (Å²) in [5.74, 6) is 5.97. The summed E-state index contributed by atoms with van der Waals surface area (Å²) in [7, 11) is 0. The molecule has 18 heavy (non-hydrogen) atoms. The molecule has 7 heteroatoms. The molecule has 0 radical (unpaired) electrons. The number of aromatic nitrogens is 1. The Morgan fingerprint density at radius 1 is 1.61 bits per heavy atom. The van der Waals surface area contributed by atoms with Crippen LogP contribution in [0.3, 0.4) is 0 Å². The SMILES string of the molecule is CCOCCCNC(=NCc1ncc(C)s1)NN. The molecule has 0 amide bonds. The molecule has 0 aliphatic carbocycles. The maximum Gasteiger partial charge on any atom is 0.206 e. The van der Waals surface area contributed by atoms with Crippen LogP contribution >= 0.6 is 11.3 Å². The zero-order chi connectivity index (χ0) is 13.2. The summed E-state index contributed by atoms with van der Waals surface area (Å²) < 4.78 is 5.24. The molecule has 6 nitrogen and oxygen atoms in total. The lowest BCUT2D eigenvalue weighted by Crippen LogP contribution is -2.42. The van der Waals surface area contributed by atoms with Gasteiger partial charge < -0.3 is 10.1 Å². The Morgan fingerprint density at radius 2 is 2.44 bits per heavy atom. The zero-order valence-electron chi connectivity index (χ0n) is 10.9. The van der Waals surface area contributed by atoms with Crippen molar-refractivity contribution >= 4 is 17.3 Å². The van der Waals surface area contributed by atoms with Gasteiger partial charge in [0.15, 0.2) is 0 Å². The number of nitrogens with zero attached hydrogens (tertiary/aromatic N) is 2. The number of aryl methyl sites for hydroxylation is 1. The summed E-state index contributed by atoms with van der Waals surface area (Å²) in [6, 6.07) is 0. The minimum Gasteiger partial charge on any atom is -0.382 e. The Hall–Kier alpha value is -1.18. The highest BCUT2D eigenvalue weighted by atomic mass is 32.1. The van der Waals surface area contributed by atoms with Crippen LogP contribution in [0.15, 0.2) is 11.2 Å². The topological polar surface area (TPSA) is 84.6 Å². The Balaban J connectivity index is 2.27. The van der Waals surface area contributed by atoms with Gasteiger partial charge in [-0.1, -0.05) is 0 Å². The second-order valence-corrected chi connectivity index (χ2v) is 4.97. The lowest BCUT2D eigenvalue weighted by atomic mass is 10.4. The van der Waals surface area contributed by atoms with E-state index in [-0.39, 0.29) is 0 Å². The first kappa shape index (κ1) is 14.9. The second-order valence-electron chi connectivity index (χ2n) is 3.65. The molecule has 102 valence electrons. The van der Waals surface area contributed by atoms with Crippen LogP contribution in [0.1, 0.15) is 23.2 Å². The summed E-state index contributed by atoms with van der Waals surface area (Å²) >= 11 is 1.64. The lowest BCUT2D eigenvalue weighted by Gasteiger charge is -2.08. The molecule has 0 bridgehead atoms. The molecule has 1 aromatic heterocycles. The molecular formula is C11H21N5OS. The van der Waals surface area contributed by atoms with E-state index in [0.29, 0.717) is 12.5 Å². The lowest BCUT2D eigenvalue weighted by molar-refractivity contribution is 0.145. The highest BCUT2D eigenvalue weighted by Crippen LogP contribution is 2.11. The third kappa shape index (κ3) is 5.95. The van der Waals surface area contributed by atoms with E-state index in [2.05, 4.69) is 20.7 Å². The maximum absolute atomic E-state index is 5.39. The molecule has 0 aliphatic rings. The first-order chi connectivity index (χ1) is 8.76. The van der Waals surface area contributed by atoms with E-state index in [1.807, 2.05) is 20.0 Å². The number of rotatable bonds is 7. The van der Waals surface area contributed by atoms with E-state index in [4.69, 9.17) is 10.6 Å². The minimum absolute atomic E-state index is 0.538. The van der Waals surface area contributed by atoms with Gasteiger partial charge in [0.25, 0.3) is 0 Å². The van der Waals surface area contributed by atoms with Crippen molar-refractivity contribution in [3.05, 3.63) is 16.1 Å². The van der Waals surface area contributed by atoms with E-state index in [1.54, 1.807) is 11.3 Å². The number of ether oxygens (including phenoxy) is 1. The van der Waals surface area contributed by atoms with Gasteiger partial charge in [-0.3, -0.25) is 5.43 Å². The van der Waals surface area contributed by atoms with Crippen molar-refractivity contribution in [1.82, 2.24) is 15.7 Å². The van der Waals surface area contributed by atoms with Crippen LogP contribution in [-0.2, 0) is 11.3 Å². The number of guanidine groups is 1. The number of nitrogens with two attached hydrogens (primary N) is 1. The van der Waals surface area contributed by atoms with Crippen LogP contribution in [-0.4, -0.2) is 30.7 Å². The number of hydrogen-bond acceptors (Lipinski definition) is 5. The normalized spacial score (nSPS) is 11.6. The Kier molecular flexibility index (Phi) is 7.31. The van der Waals surface area contributed by atoms with Crippen LogP contribution in [0.2, 0.25) is 0 Å². The van der Waals surface area contributed by atoms with Gasteiger partial charge in [-0.25, -0.2) is 15.8 Å². The van der Waals surface area contributed by atoms with Gasteiger partial charge in [0.1, 0.15) is 5.01 Å². The van der Waals surface area contributed by atoms with Gasteiger partial charge in [0.05, 0.1) is 6.54 Å². The molecule has 0 aromatic carbocycles. The minimum atomic E-state index is 0.538. The van der Waals surface area contributed by atoms with Crippen LogP contribution in [0.5, 0.6) is 0 Å². The average Bonchev–Trinajstić information content (AvgIpc) is 2.78. The Morgan fingerprint density at radius 3 is 3.06 bits per heavy atom. The summed E-state index contributed by atoms with van der Waals surface area (Å²) in [6.07, 6.45) is 2.77. The number of thiazole rings is 1. The van der Waals surface area contributed by atoms with Crippen molar-refractivity contribution in [2.75, 3.05) is 19.8 Å². The fraction of sp³-hybridized carbons (Fsp3) is 0.636. The predicted molar refractivity (Wildman–Crippen MR) is 74.4 cm³/mol. The number of aliphatic imine (C=N–C) groups is 1. The van der Waals surface area contributed by atoms with Crippen LogP contribution < -0.4 is 16.6 Å². The van der Waals surface area contributed by atoms with Crippen molar-refractivity contribution in [2.45, 2.75) is 26.8 Å². The molecule has 0 unspecified atom stereocenters. The third-order valence-corrected chi connectivity index (χ3v) is 3.04. The first-order valence-electron chi connectivity index (χ1n) is 6.00. The molecule has 0 saturated heterocycles. The monoisotopic (exact) mass is 271 g/mol. The first-order valence-corrected chi connectivity index (χ1v) is 6.82. The van der Waals surface area contributed by atoms with Gasteiger partial charge in [-0.15, -0.1) is 11.3 Å². The molecule has 1 rings (SSSR count). The maximum atomic E-state index is 5.39. The van der Waals surface area contributed by atoms with Crippen molar-refractivity contribution in [2.24, 2.45) is 10.8 Å². The fourth-order valence-electron chi connectivity index (χ4n) is 1.30. The van der Waals surface area contributed by atoms with Gasteiger partial charge in [-0.2, -0.15) is 0 Å². The predicted octanol–water partition coefficient (Wildman–Crippen LogP) is 0.787. The molecule has 0 aliphatic heterocycles. The third-order valence-electron chi connectivity index (χ3n) is 2.14. The number of hydrogen-bond donors (Lipinski definition) is 3. The smallest absolute Gasteiger partial charge is 0.206 e. The van der Waals surface area contributed by atoms with E-state index >= 15 is 0 Å². The molecular weight excluding hydrogens is 250 g/mol. The van der Waals surface area contributed by atoms with Gasteiger partial charge in [0, 0.05) is 30.8 Å². The summed E-state index contributed by atoms with van der Waals surface area (Å²) in [5, 5.41) is 4.10. The quantitative estimate of drug-likeness (QED) is 0.224. The molecule has 0 fully saturated rings. The summed E-state index contributed by atoms with van der Waals surface area (Å²) in [4.78, 5) is 9.75. The van der Waals surface area contributed by atoms with E-state index in [1.165, 1.54) is 4.88 Å². The molecule has 0 saturated carbocycles. The highest BCUT2D eigenvalue weighted by molar-refractivity contribution is 7.11. The average molecular weight is 271 g/mol. The zero-order valence-corrected chi connectivity index (χ0v) is 11.7. The molecule has 1 heterocycles. The standard InChI is InChI=1S/C11H21N5OS/c1-3-17-6-4-5-13-11(16-12)15-8-10-14-7-9(2)18-10/h7H,3-6,8,12H2,1-2H3,(H2,13,15,16). The Bertz CT molecular complexity index is 366. The van der Waals surface area contributed by atoms with Crippen LogP contribution in [0.4, 0.5) is 0 Å². The van der Waals surface area contributed by atoms with Crippen molar-refractivity contribution in [3.8, 4) is 0 Å². The van der Waals surface area contributed by atoms with Crippen LogP contribution in [0.25, 0.3) is 0 Å². The van der Waals surface area contributed by atoms with E-state index in [0.717, 1.165) is 31.2 Å². The van der Waals surface area contributed by atoms with Crippen molar-refractivity contribution in [1.29, 1.82) is 0 Å². The van der Waals surface area contributed by atoms with Crippen LogP contribution in [0, 0.1) is 6.92 Å². The van der Waals surface area contributed by atoms with Crippen molar-refractivity contribution in [3.63, 3.8) is 0 Å². The van der Waals surface area contributed by atoms with E-state index < -0.39 is 0 Å². The molecule has 0 spiro atoms. The van der Waals surface area contributed by atoms with Gasteiger partial charge >= 0.3 is 0 Å².